The second-order valence-corrected chi connectivity index (χ2v) is 7.77. The first-order valence-corrected chi connectivity index (χ1v) is 9.78. The van der Waals surface area contributed by atoms with E-state index in [1.807, 2.05) is 19.2 Å². The average molecular weight is 386 g/mol. The molecular weight excluding hydrogens is 356 g/mol. The molecule has 152 valence electrons. The standard InChI is InChI=1S/C14H18N4O.C7H12O2/c1-18-9-3-5-12(18)14-16-13(17-19-14)7-6-11-4-2-8-15-10-11;1-4-7(2,3)6(9)5-8/h2,4,8,10,12H,3,5-7,9H2,1H3;5H,4H2,1-3H3. The maximum absolute atomic E-state index is 10.7. The molecule has 28 heavy (non-hydrogen) atoms. The van der Waals surface area contributed by atoms with Gasteiger partial charge in [0.25, 0.3) is 0 Å². The molecule has 1 atom stereocenters. The number of likely N-dealkylation sites (tertiary alicyclic amines) is 1. The molecule has 3 heterocycles. The lowest BCUT2D eigenvalue weighted by atomic mass is 9.86. The van der Waals surface area contributed by atoms with E-state index in [0.29, 0.717) is 18.7 Å². The van der Waals surface area contributed by atoms with Gasteiger partial charge in [0.15, 0.2) is 12.1 Å². The van der Waals surface area contributed by atoms with Crippen LogP contribution in [0.4, 0.5) is 0 Å². The average Bonchev–Trinajstić information content (AvgIpc) is 3.35. The minimum Gasteiger partial charge on any atom is -0.338 e. The quantitative estimate of drug-likeness (QED) is 0.533. The van der Waals surface area contributed by atoms with Crippen LogP contribution in [-0.4, -0.2) is 45.7 Å². The number of aromatic nitrogens is 3. The van der Waals surface area contributed by atoms with Gasteiger partial charge in [-0.15, -0.1) is 0 Å². The Kier molecular flexibility index (Phi) is 7.99. The highest BCUT2D eigenvalue weighted by Crippen LogP contribution is 2.28. The lowest BCUT2D eigenvalue weighted by Gasteiger charge is -2.15. The van der Waals surface area contributed by atoms with Crippen LogP contribution in [0.3, 0.4) is 0 Å². The molecule has 3 rings (SSSR count). The van der Waals surface area contributed by atoms with Crippen molar-refractivity contribution in [2.45, 2.75) is 58.9 Å². The van der Waals surface area contributed by atoms with E-state index >= 15 is 0 Å². The van der Waals surface area contributed by atoms with E-state index in [9.17, 15) is 9.59 Å². The van der Waals surface area contributed by atoms with E-state index in [0.717, 1.165) is 37.5 Å². The largest absolute Gasteiger partial charge is 0.338 e. The molecule has 0 amide bonds. The van der Waals surface area contributed by atoms with E-state index in [-0.39, 0.29) is 5.78 Å². The van der Waals surface area contributed by atoms with Crippen LogP contribution in [-0.2, 0) is 22.4 Å². The molecule has 1 unspecified atom stereocenters. The van der Waals surface area contributed by atoms with E-state index < -0.39 is 5.41 Å². The smallest absolute Gasteiger partial charge is 0.243 e. The van der Waals surface area contributed by atoms with Crippen LogP contribution in [0.15, 0.2) is 29.0 Å². The molecule has 2 aromatic heterocycles. The summed E-state index contributed by atoms with van der Waals surface area (Å²) in [5.41, 5.74) is 0.744. The predicted octanol–water partition coefficient (Wildman–Crippen LogP) is 3.21. The summed E-state index contributed by atoms with van der Waals surface area (Å²) in [6.07, 6.45) is 8.78. The number of aryl methyl sites for hydroxylation is 2. The highest BCUT2D eigenvalue weighted by molar-refractivity contribution is 6.27. The minimum absolute atomic E-state index is 0.305. The van der Waals surface area contributed by atoms with Crippen molar-refractivity contribution in [3.8, 4) is 0 Å². The Bertz CT molecular complexity index is 758. The summed E-state index contributed by atoms with van der Waals surface area (Å²) in [6.45, 7) is 6.53. The molecule has 7 heteroatoms. The highest BCUT2D eigenvalue weighted by atomic mass is 16.5. The molecule has 0 radical (unpaired) electrons. The summed E-state index contributed by atoms with van der Waals surface area (Å²) in [4.78, 5) is 31.6. The zero-order valence-corrected chi connectivity index (χ0v) is 17.2. The second-order valence-electron chi connectivity index (χ2n) is 7.77. The summed E-state index contributed by atoms with van der Waals surface area (Å²) >= 11 is 0. The summed E-state index contributed by atoms with van der Waals surface area (Å²) in [7, 11) is 2.11. The second kappa shape index (κ2) is 10.2. The fourth-order valence-electron chi connectivity index (χ4n) is 2.86. The van der Waals surface area contributed by atoms with Crippen molar-refractivity contribution < 1.29 is 14.1 Å². The van der Waals surface area contributed by atoms with E-state index in [4.69, 9.17) is 4.52 Å². The minimum atomic E-state index is -0.457. The number of nitrogens with zero attached hydrogens (tertiary/aromatic N) is 4. The van der Waals surface area contributed by atoms with Gasteiger partial charge in [-0.25, -0.2) is 0 Å². The van der Waals surface area contributed by atoms with Crippen LogP contribution in [0.25, 0.3) is 0 Å². The van der Waals surface area contributed by atoms with Crippen LogP contribution in [0.5, 0.6) is 0 Å². The number of carbonyl (C=O) groups is 2. The van der Waals surface area contributed by atoms with E-state index in [1.165, 1.54) is 12.0 Å². The lowest BCUT2D eigenvalue weighted by molar-refractivity contribution is -0.135. The van der Waals surface area contributed by atoms with Crippen LogP contribution in [0.2, 0.25) is 0 Å². The molecule has 0 saturated carbocycles. The fourth-order valence-corrected chi connectivity index (χ4v) is 2.86. The lowest BCUT2D eigenvalue weighted by Crippen LogP contribution is -2.23. The van der Waals surface area contributed by atoms with Crippen molar-refractivity contribution in [2.24, 2.45) is 5.41 Å². The Morgan fingerprint density at radius 3 is 2.71 bits per heavy atom. The van der Waals surface area contributed by atoms with Crippen molar-refractivity contribution in [1.82, 2.24) is 20.0 Å². The van der Waals surface area contributed by atoms with Gasteiger partial charge in [-0.3, -0.25) is 19.5 Å². The summed E-state index contributed by atoms with van der Waals surface area (Å²) in [5, 5.41) is 4.08. The number of hydrogen-bond donors (Lipinski definition) is 0. The van der Waals surface area contributed by atoms with Gasteiger partial charge in [-0.05, 0) is 50.9 Å². The molecule has 0 aromatic carbocycles. The zero-order chi connectivity index (χ0) is 20.6. The third kappa shape index (κ3) is 6.05. The molecule has 1 aliphatic rings. The highest BCUT2D eigenvalue weighted by Gasteiger charge is 2.27. The molecule has 7 nitrogen and oxygen atoms in total. The van der Waals surface area contributed by atoms with Crippen LogP contribution in [0.1, 0.15) is 63.4 Å². The molecular formula is C21H30N4O3. The molecule has 2 aromatic rings. The fraction of sp³-hybridized carbons (Fsp3) is 0.571. The van der Waals surface area contributed by atoms with Gasteiger partial charge in [0.2, 0.25) is 11.7 Å². The number of aldehydes is 1. The van der Waals surface area contributed by atoms with Gasteiger partial charge in [-0.2, -0.15) is 4.98 Å². The first-order chi connectivity index (χ1) is 13.4. The Labute approximate surface area is 166 Å². The van der Waals surface area contributed by atoms with Gasteiger partial charge in [0, 0.05) is 24.2 Å². The summed E-state index contributed by atoms with van der Waals surface area (Å²) < 4.78 is 5.39. The van der Waals surface area contributed by atoms with Gasteiger partial charge in [-0.1, -0.05) is 32.0 Å². The molecule has 0 bridgehead atoms. The van der Waals surface area contributed by atoms with Crippen LogP contribution >= 0.6 is 0 Å². The first kappa shape index (κ1) is 21.9. The maximum atomic E-state index is 10.7. The van der Waals surface area contributed by atoms with Gasteiger partial charge in [0.05, 0.1) is 6.04 Å². The normalized spacial score (nSPS) is 17.1. The van der Waals surface area contributed by atoms with Gasteiger partial charge >= 0.3 is 0 Å². The van der Waals surface area contributed by atoms with Crippen LogP contribution < -0.4 is 0 Å². The summed E-state index contributed by atoms with van der Waals surface area (Å²) in [6, 6.07) is 4.32. The number of carbonyl (C=O) groups excluding carboxylic acids is 2. The number of pyridine rings is 1. The van der Waals surface area contributed by atoms with Crippen molar-refractivity contribution in [3.63, 3.8) is 0 Å². The van der Waals surface area contributed by atoms with Crippen molar-refractivity contribution in [2.75, 3.05) is 13.6 Å². The Morgan fingerprint density at radius 1 is 1.39 bits per heavy atom. The molecule has 0 aliphatic carbocycles. The number of hydrogen-bond acceptors (Lipinski definition) is 7. The first-order valence-electron chi connectivity index (χ1n) is 9.78. The summed E-state index contributed by atoms with van der Waals surface area (Å²) in [5.74, 6) is 1.24. The Hall–Kier alpha value is -2.41. The maximum Gasteiger partial charge on any atom is 0.243 e. The molecule has 1 fully saturated rings. The number of rotatable bonds is 7. The van der Waals surface area contributed by atoms with Crippen molar-refractivity contribution in [1.29, 1.82) is 0 Å². The number of ketones is 1. The van der Waals surface area contributed by atoms with Crippen LogP contribution in [0, 0.1) is 5.41 Å². The molecule has 0 N–H and O–H groups in total. The Morgan fingerprint density at radius 2 is 2.18 bits per heavy atom. The van der Waals surface area contributed by atoms with Crippen molar-refractivity contribution >= 4 is 12.1 Å². The third-order valence-corrected chi connectivity index (χ3v) is 5.31. The monoisotopic (exact) mass is 386 g/mol. The van der Waals surface area contributed by atoms with Gasteiger partial charge in [0.1, 0.15) is 0 Å². The van der Waals surface area contributed by atoms with E-state index in [2.05, 4.69) is 33.1 Å². The third-order valence-electron chi connectivity index (χ3n) is 5.31. The molecule has 1 saturated heterocycles. The molecule has 1 aliphatic heterocycles. The SMILES string of the molecule is CCC(C)(C)C(=O)C=O.CN1CCCC1c1nc(CCc2cccnc2)no1. The van der Waals surface area contributed by atoms with Crippen molar-refractivity contribution in [3.05, 3.63) is 41.8 Å². The predicted molar refractivity (Wildman–Crippen MR) is 106 cm³/mol. The van der Waals surface area contributed by atoms with E-state index in [1.54, 1.807) is 20.0 Å². The number of Topliss-reactive ketones (excluding diaryl/α,β-unsaturated/α-hetero) is 1. The molecule has 0 spiro atoms. The zero-order valence-electron chi connectivity index (χ0n) is 17.2. The topological polar surface area (TPSA) is 89.2 Å². The Balaban J connectivity index is 0.000000266. The van der Waals surface area contributed by atoms with Gasteiger partial charge < -0.3 is 4.52 Å².